The number of anilines is 2. The Morgan fingerprint density at radius 2 is 1.81 bits per heavy atom. The molecule has 0 aliphatic carbocycles. The number of nitrogens with zero attached hydrogens (tertiary/aromatic N) is 4. The van der Waals surface area contributed by atoms with Gasteiger partial charge in [0.1, 0.15) is 5.75 Å². The van der Waals surface area contributed by atoms with Gasteiger partial charge >= 0.3 is 0 Å². The third kappa shape index (κ3) is 5.42. The van der Waals surface area contributed by atoms with E-state index in [0.717, 1.165) is 60.1 Å². The average Bonchev–Trinajstić information content (AvgIpc) is 2.80. The first-order valence-corrected chi connectivity index (χ1v) is 10.9. The van der Waals surface area contributed by atoms with E-state index >= 15 is 0 Å². The van der Waals surface area contributed by atoms with E-state index in [1.165, 1.54) is 0 Å². The van der Waals surface area contributed by atoms with Crippen LogP contribution >= 0.6 is 0 Å². The molecular formula is C25H29N5O2. The number of carbonyl (C=O) groups is 1. The number of hydrogen-bond donors (Lipinski definition) is 1. The van der Waals surface area contributed by atoms with Gasteiger partial charge in [-0.3, -0.25) is 4.79 Å². The predicted molar refractivity (Wildman–Crippen MR) is 127 cm³/mol. The number of aryl methyl sites for hydroxylation is 2. The zero-order chi connectivity index (χ0) is 22.5. The largest absolute Gasteiger partial charge is 0.483 e. The Balaban J connectivity index is 1.37. The molecule has 1 amide bonds. The van der Waals surface area contributed by atoms with Crippen molar-refractivity contribution in [3.05, 3.63) is 65.7 Å². The van der Waals surface area contributed by atoms with E-state index in [9.17, 15) is 4.79 Å². The molecule has 0 saturated carbocycles. The highest BCUT2D eigenvalue weighted by atomic mass is 16.5. The number of benzene rings is 2. The van der Waals surface area contributed by atoms with E-state index in [1.807, 2.05) is 68.4 Å². The number of carbonyl (C=O) groups excluding carboxylic acids is 1. The Morgan fingerprint density at radius 1 is 1.00 bits per heavy atom. The maximum absolute atomic E-state index is 12.4. The second-order valence-electron chi connectivity index (χ2n) is 8.25. The van der Waals surface area contributed by atoms with Crippen LogP contribution in [0, 0.1) is 13.8 Å². The number of ether oxygens (including phenoxy) is 1. The van der Waals surface area contributed by atoms with Crippen LogP contribution in [-0.2, 0) is 4.79 Å². The summed E-state index contributed by atoms with van der Waals surface area (Å²) in [6.07, 6.45) is 0. The number of nitrogens with one attached hydrogen (secondary N) is 1. The van der Waals surface area contributed by atoms with Crippen LogP contribution in [0.15, 0.2) is 54.6 Å². The molecule has 1 aromatic heterocycles. The standard InChI is InChI=1S/C25H29N5O2/c1-18-7-8-19(2)23(15-18)32-17-25(31)26-21-6-4-5-20(16-21)22-9-10-24(28-27-22)30-13-11-29(3)12-14-30/h4-10,15-16H,11-14,17H2,1-3H3,(H,26,31). The SMILES string of the molecule is Cc1ccc(C)c(OCC(=O)Nc2cccc(-c3ccc(N4CCN(C)CC4)nn3)c2)c1. The van der Waals surface area contributed by atoms with Gasteiger partial charge in [-0.05, 0) is 62.4 Å². The molecule has 0 spiro atoms. The number of hydrogen-bond acceptors (Lipinski definition) is 6. The summed E-state index contributed by atoms with van der Waals surface area (Å²) in [5.41, 5.74) is 4.46. The van der Waals surface area contributed by atoms with E-state index in [0.29, 0.717) is 5.69 Å². The Kier molecular flexibility index (Phi) is 6.66. The minimum atomic E-state index is -0.209. The van der Waals surface area contributed by atoms with Crippen LogP contribution in [0.2, 0.25) is 0 Å². The van der Waals surface area contributed by atoms with Gasteiger partial charge in [0.25, 0.3) is 5.91 Å². The van der Waals surface area contributed by atoms with Crippen molar-refractivity contribution in [3.8, 4) is 17.0 Å². The average molecular weight is 432 g/mol. The lowest BCUT2D eigenvalue weighted by Crippen LogP contribution is -2.44. The molecule has 1 aliphatic heterocycles. The highest BCUT2D eigenvalue weighted by molar-refractivity contribution is 5.92. The van der Waals surface area contributed by atoms with Crippen molar-refractivity contribution >= 4 is 17.4 Å². The highest BCUT2D eigenvalue weighted by Crippen LogP contribution is 2.23. The highest BCUT2D eigenvalue weighted by Gasteiger charge is 2.16. The van der Waals surface area contributed by atoms with Gasteiger partial charge in [-0.1, -0.05) is 24.3 Å². The fourth-order valence-electron chi connectivity index (χ4n) is 3.64. The summed E-state index contributed by atoms with van der Waals surface area (Å²) >= 11 is 0. The van der Waals surface area contributed by atoms with Crippen molar-refractivity contribution < 1.29 is 9.53 Å². The molecule has 32 heavy (non-hydrogen) atoms. The van der Waals surface area contributed by atoms with Gasteiger partial charge in [0, 0.05) is 37.4 Å². The second kappa shape index (κ2) is 9.78. The first-order valence-electron chi connectivity index (χ1n) is 10.9. The van der Waals surface area contributed by atoms with Crippen LogP contribution in [0.5, 0.6) is 5.75 Å². The molecule has 0 unspecified atom stereocenters. The van der Waals surface area contributed by atoms with Gasteiger partial charge in [0.15, 0.2) is 12.4 Å². The third-order valence-corrected chi connectivity index (χ3v) is 5.62. The molecule has 4 rings (SSSR count). The number of piperazine rings is 1. The monoisotopic (exact) mass is 431 g/mol. The molecule has 3 aromatic rings. The summed E-state index contributed by atoms with van der Waals surface area (Å²) in [4.78, 5) is 17.0. The number of likely N-dealkylation sites (N-methyl/N-ethyl adjacent to an activating group) is 1. The minimum absolute atomic E-state index is 0.0476. The van der Waals surface area contributed by atoms with Gasteiger partial charge < -0.3 is 19.9 Å². The Morgan fingerprint density at radius 3 is 2.56 bits per heavy atom. The predicted octanol–water partition coefficient (Wildman–Crippen LogP) is 3.53. The smallest absolute Gasteiger partial charge is 0.262 e. The summed E-state index contributed by atoms with van der Waals surface area (Å²) in [6, 6.07) is 17.5. The first-order chi connectivity index (χ1) is 15.5. The summed E-state index contributed by atoms with van der Waals surface area (Å²) in [5.74, 6) is 1.42. The van der Waals surface area contributed by atoms with Gasteiger partial charge in [0.2, 0.25) is 0 Å². The molecule has 1 saturated heterocycles. The van der Waals surface area contributed by atoms with Gasteiger partial charge in [-0.2, -0.15) is 0 Å². The van der Waals surface area contributed by atoms with Crippen LogP contribution in [0.1, 0.15) is 11.1 Å². The van der Waals surface area contributed by atoms with Crippen molar-refractivity contribution in [1.82, 2.24) is 15.1 Å². The van der Waals surface area contributed by atoms with Crippen molar-refractivity contribution in [3.63, 3.8) is 0 Å². The number of amides is 1. The topological polar surface area (TPSA) is 70.6 Å². The van der Waals surface area contributed by atoms with Crippen molar-refractivity contribution in [2.24, 2.45) is 0 Å². The van der Waals surface area contributed by atoms with E-state index in [4.69, 9.17) is 4.74 Å². The lowest BCUT2D eigenvalue weighted by atomic mass is 10.1. The third-order valence-electron chi connectivity index (χ3n) is 5.62. The quantitative estimate of drug-likeness (QED) is 0.644. The van der Waals surface area contributed by atoms with E-state index in [1.54, 1.807) is 0 Å². The summed E-state index contributed by atoms with van der Waals surface area (Å²) < 4.78 is 5.70. The maximum atomic E-state index is 12.4. The molecule has 7 heteroatoms. The first kappa shape index (κ1) is 21.8. The number of aromatic nitrogens is 2. The molecular weight excluding hydrogens is 402 g/mol. The van der Waals surface area contributed by atoms with Crippen molar-refractivity contribution in [1.29, 1.82) is 0 Å². The molecule has 2 aromatic carbocycles. The van der Waals surface area contributed by atoms with Crippen LogP contribution in [0.25, 0.3) is 11.3 Å². The lowest BCUT2D eigenvalue weighted by Gasteiger charge is -2.32. The molecule has 7 nitrogen and oxygen atoms in total. The van der Waals surface area contributed by atoms with E-state index < -0.39 is 0 Å². The molecule has 166 valence electrons. The Bertz CT molecular complexity index is 1080. The Labute approximate surface area is 189 Å². The Hall–Kier alpha value is -3.45. The van der Waals surface area contributed by atoms with Gasteiger partial charge in [0.05, 0.1) is 5.69 Å². The van der Waals surface area contributed by atoms with Crippen LogP contribution in [0.3, 0.4) is 0 Å². The zero-order valence-electron chi connectivity index (χ0n) is 18.8. The van der Waals surface area contributed by atoms with Crippen LogP contribution < -0.4 is 15.0 Å². The molecule has 1 fully saturated rings. The fourth-order valence-corrected chi connectivity index (χ4v) is 3.64. The van der Waals surface area contributed by atoms with E-state index in [2.05, 4.69) is 32.4 Å². The van der Waals surface area contributed by atoms with Crippen LogP contribution in [-0.4, -0.2) is 60.8 Å². The number of rotatable bonds is 6. The van der Waals surface area contributed by atoms with Crippen molar-refractivity contribution in [2.45, 2.75) is 13.8 Å². The minimum Gasteiger partial charge on any atom is -0.483 e. The normalized spacial score (nSPS) is 14.3. The molecule has 0 atom stereocenters. The molecule has 0 radical (unpaired) electrons. The second-order valence-corrected chi connectivity index (χ2v) is 8.25. The van der Waals surface area contributed by atoms with E-state index in [-0.39, 0.29) is 12.5 Å². The summed E-state index contributed by atoms with van der Waals surface area (Å²) in [7, 11) is 2.13. The molecule has 0 bridgehead atoms. The summed E-state index contributed by atoms with van der Waals surface area (Å²) in [6.45, 7) is 7.88. The zero-order valence-corrected chi connectivity index (χ0v) is 18.8. The maximum Gasteiger partial charge on any atom is 0.262 e. The summed E-state index contributed by atoms with van der Waals surface area (Å²) in [5, 5.41) is 11.7. The van der Waals surface area contributed by atoms with Gasteiger partial charge in [-0.15, -0.1) is 10.2 Å². The van der Waals surface area contributed by atoms with Gasteiger partial charge in [-0.25, -0.2) is 0 Å². The van der Waals surface area contributed by atoms with Crippen molar-refractivity contribution in [2.75, 3.05) is 50.1 Å². The fraction of sp³-hybridized carbons (Fsp3) is 0.320. The molecule has 2 heterocycles. The van der Waals surface area contributed by atoms with Crippen LogP contribution in [0.4, 0.5) is 11.5 Å². The molecule has 1 aliphatic rings. The lowest BCUT2D eigenvalue weighted by molar-refractivity contribution is -0.118. The molecule has 1 N–H and O–H groups in total.